The van der Waals surface area contributed by atoms with Crippen molar-refractivity contribution in [2.75, 3.05) is 0 Å². The number of hydrogen-bond donors (Lipinski definition) is 0. The van der Waals surface area contributed by atoms with E-state index in [0.29, 0.717) is 0 Å². The van der Waals surface area contributed by atoms with Crippen LogP contribution in [-0.2, 0) is 0 Å². The third-order valence-electron chi connectivity index (χ3n) is 1.97. The van der Waals surface area contributed by atoms with Gasteiger partial charge in [-0.3, -0.25) is 0 Å². The van der Waals surface area contributed by atoms with Crippen molar-refractivity contribution in [3.8, 4) is 0 Å². The van der Waals surface area contributed by atoms with Gasteiger partial charge in [0.2, 0.25) is 0 Å². The smallest absolute Gasteiger partial charge is 0.147 e. The summed E-state index contributed by atoms with van der Waals surface area (Å²) in [6.45, 7) is 0. The summed E-state index contributed by atoms with van der Waals surface area (Å²) < 4.78 is 38.8. The summed E-state index contributed by atoms with van der Waals surface area (Å²) in [4.78, 5) is 0. The van der Waals surface area contributed by atoms with E-state index in [-0.39, 0.29) is 11.1 Å². The van der Waals surface area contributed by atoms with Gasteiger partial charge in [-0.05, 0) is 17.7 Å². The fraction of sp³-hybridized carbons (Fsp3) is 0.100. The van der Waals surface area contributed by atoms with Gasteiger partial charge in [-0.15, -0.1) is 0 Å². The summed E-state index contributed by atoms with van der Waals surface area (Å²) in [7, 11) is 0. The normalized spacial score (nSPS) is 20.8. The first-order chi connectivity index (χ1) is 6.18. The zero-order valence-electron chi connectivity index (χ0n) is 6.60. The van der Waals surface area contributed by atoms with Crippen molar-refractivity contribution >= 4 is 0 Å². The molecule has 0 saturated heterocycles. The number of fused-ring (bicyclic) bond motifs is 1. The molecule has 0 aliphatic heterocycles. The minimum Gasteiger partial charge on any atom is -0.238 e. The Labute approximate surface area is 73.7 Å². The van der Waals surface area contributed by atoms with E-state index in [0.717, 1.165) is 12.5 Å². The monoisotopic (exact) mass is 183 g/mol. The third-order valence-corrected chi connectivity index (χ3v) is 1.97. The molecule has 1 aliphatic carbocycles. The molecule has 1 unspecified atom stereocenters. The molecule has 1 aromatic carbocycles. The molecule has 2 rings (SSSR count). The molecule has 1 aromatic rings. The number of hydrogen-bond acceptors (Lipinski definition) is 0. The van der Waals surface area contributed by atoms with Crippen LogP contribution < -0.4 is 0 Å². The van der Waals surface area contributed by atoms with Crippen molar-refractivity contribution < 1.29 is 13.2 Å². The average molecular weight is 183 g/mol. The van der Waals surface area contributed by atoms with Crippen LogP contribution in [0.3, 0.4) is 0 Å². The van der Waals surface area contributed by atoms with Gasteiger partial charge >= 0.3 is 0 Å². The lowest BCUT2D eigenvalue weighted by Gasteiger charge is -2.15. The van der Waals surface area contributed by atoms with Gasteiger partial charge < -0.3 is 0 Å². The van der Waals surface area contributed by atoms with Gasteiger partial charge in [0, 0.05) is 5.56 Å². The number of allylic oxidation sites excluding steroid dienone is 2. The number of alkyl halides is 1. The number of halogens is 3. The van der Waals surface area contributed by atoms with Crippen molar-refractivity contribution in [3.63, 3.8) is 0 Å². The van der Waals surface area contributed by atoms with Gasteiger partial charge in [-0.25, -0.2) is 13.2 Å². The Bertz CT molecular complexity index is 368. The highest BCUT2D eigenvalue weighted by Gasteiger charge is 2.22. The van der Waals surface area contributed by atoms with Crippen LogP contribution in [0.15, 0.2) is 30.1 Å². The van der Waals surface area contributed by atoms with Crippen LogP contribution in [0, 0.1) is 12.2 Å². The Hall–Kier alpha value is -1.25. The topological polar surface area (TPSA) is 0 Å². The SMILES string of the molecule is FC1=CC(F)c2cccc(F)c2[CH]1. The minimum absolute atomic E-state index is 0.00926. The Morgan fingerprint density at radius 2 is 1.92 bits per heavy atom. The average Bonchev–Trinajstić information content (AvgIpc) is 2.07. The van der Waals surface area contributed by atoms with E-state index in [1.165, 1.54) is 18.2 Å². The van der Waals surface area contributed by atoms with Gasteiger partial charge in [-0.2, -0.15) is 0 Å². The lowest BCUT2D eigenvalue weighted by Crippen LogP contribution is -2.04. The Morgan fingerprint density at radius 1 is 1.15 bits per heavy atom. The van der Waals surface area contributed by atoms with Gasteiger partial charge in [0.05, 0.1) is 6.42 Å². The van der Waals surface area contributed by atoms with E-state index >= 15 is 0 Å². The summed E-state index contributed by atoms with van der Waals surface area (Å²) in [5, 5.41) is 0. The van der Waals surface area contributed by atoms with Gasteiger partial charge in [0.15, 0.2) is 0 Å². The highest BCUT2D eigenvalue weighted by molar-refractivity contribution is 5.45. The second-order valence-corrected chi connectivity index (χ2v) is 2.84. The van der Waals surface area contributed by atoms with Crippen molar-refractivity contribution in [1.82, 2.24) is 0 Å². The van der Waals surface area contributed by atoms with Crippen molar-refractivity contribution in [1.29, 1.82) is 0 Å². The molecule has 0 N–H and O–H groups in total. The van der Waals surface area contributed by atoms with Crippen molar-refractivity contribution in [2.24, 2.45) is 0 Å². The zero-order valence-corrected chi connectivity index (χ0v) is 6.60. The van der Waals surface area contributed by atoms with E-state index in [1.54, 1.807) is 0 Å². The molecule has 67 valence electrons. The van der Waals surface area contributed by atoms with Crippen molar-refractivity contribution in [3.05, 3.63) is 53.5 Å². The van der Waals surface area contributed by atoms with E-state index in [4.69, 9.17) is 0 Å². The van der Waals surface area contributed by atoms with E-state index < -0.39 is 17.8 Å². The van der Waals surface area contributed by atoms with Crippen molar-refractivity contribution in [2.45, 2.75) is 6.17 Å². The van der Waals surface area contributed by atoms with Gasteiger partial charge in [0.25, 0.3) is 0 Å². The highest BCUT2D eigenvalue weighted by Crippen LogP contribution is 2.33. The molecule has 0 heterocycles. The summed E-state index contributed by atoms with van der Waals surface area (Å²) >= 11 is 0. The summed E-state index contributed by atoms with van der Waals surface area (Å²) in [6.07, 6.45) is 0.276. The maximum Gasteiger partial charge on any atom is 0.147 e. The molecule has 0 saturated carbocycles. The van der Waals surface area contributed by atoms with Crippen LogP contribution >= 0.6 is 0 Å². The van der Waals surface area contributed by atoms with E-state index in [2.05, 4.69) is 0 Å². The molecule has 0 spiro atoms. The molecule has 0 amide bonds. The maximum absolute atomic E-state index is 13.1. The van der Waals surface area contributed by atoms with Crippen LogP contribution in [0.5, 0.6) is 0 Å². The fourth-order valence-corrected chi connectivity index (χ4v) is 1.36. The third kappa shape index (κ3) is 1.34. The zero-order chi connectivity index (χ0) is 9.42. The largest absolute Gasteiger partial charge is 0.238 e. The molecule has 1 aliphatic rings. The van der Waals surface area contributed by atoms with Crippen LogP contribution in [-0.4, -0.2) is 0 Å². The fourth-order valence-electron chi connectivity index (χ4n) is 1.36. The molecule has 1 atom stereocenters. The Kier molecular flexibility index (Phi) is 1.87. The molecule has 3 heteroatoms. The molecule has 13 heavy (non-hydrogen) atoms. The molecule has 0 nitrogen and oxygen atoms in total. The summed E-state index contributed by atoms with van der Waals surface area (Å²) in [5.74, 6) is -1.33. The lowest BCUT2D eigenvalue weighted by atomic mass is 9.94. The molecule has 0 bridgehead atoms. The van der Waals surface area contributed by atoms with Crippen LogP contribution in [0.4, 0.5) is 13.2 Å². The first kappa shape index (κ1) is 8.35. The first-order valence-electron chi connectivity index (χ1n) is 3.83. The standard InChI is InChI=1S/C10H6F3/c11-6-4-8-7(10(13)5-6)2-1-3-9(8)12/h1-5,10H. The van der Waals surface area contributed by atoms with Gasteiger partial charge in [0.1, 0.15) is 17.8 Å². The first-order valence-corrected chi connectivity index (χ1v) is 3.83. The van der Waals surface area contributed by atoms with Gasteiger partial charge in [-0.1, -0.05) is 12.1 Å². The highest BCUT2D eigenvalue weighted by atomic mass is 19.1. The second kappa shape index (κ2) is 2.91. The van der Waals surface area contributed by atoms with E-state index in [1.807, 2.05) is 0 Å². The molecular weight excluding hydrogens is 177 g/mol. The summed E-state index contributed by atoms with van der Waals surface area (Å²) in [5.41, 5.74) is 0.191. The quantitative estimate of drug-likeness (QED) is 0.579. The predicted octanol–water partition coefficient (Wildman–Crippen LogP) is 3.26. The maximum atomic E-state index is 13.1. The van der Waals surface area contributed by atoms with Crippen LogP contribution in [0.25, 0.3) is 0 Å². The number of rotatable bonds is 0. The van der Waals surface area contributed by atoms with Crippen LogP contribution in [0.1, 0.15) is 17.3 Å². The van der Waals surface area contributed by atoms with Crippen LogP contribution in [0.2, 0.25) is 0 Å². The summed E-state index contributed by atoms with van der Waals surface area (Å²) in [6, 6.07) is 4.04. The molecule has 0 fully saturated rings. The Balaban J connectivity index is 2.55. The van der Waals surface area contributed by atoms with E-state index in [9.17, 15) is 13.2 Å². The minimum atomic E-state index is -1.55. The predicted molar refractivity (Wildman–Crippen MR) is 42.8 cm³/mol. The molecular formula is C10H6F3. The molecule has 1 radical (unpaired) electrons. The molecule has 0 aromatic heterocycles. The Morgan fingerprint density at radius 3 is 2.69 bits per heavy atom. The number of benzene rings is 1. The second-order valence-electron chi connectivity index (χ2n) is 2.84. The lowest BCUT2D eigenvalue weighted by molar-refractivity contribution is 0.397.